The Labute approximate surface area is 228 Å². The number of methoxy groups -OCH3 is 2. The Hall–Kier alpha value is -4.32. The van der Waals surface area contributed by atoms with Crippen LogP contribution in [-0.2, 0) is 29.4 Å². The number of ether oxygens (including phenoxy) is 3. The van der Waals surface area contributed by atoms with Gasteiger partial charge in [-0.2, -0.15) is 0 Å². The van der Waals surface area contributed by atoms with Crippen molar-refractivity contribution in [3.05, 3.63) is 58.6 Å². The van der Waals surface area contributed by atoms with Crippen LogP contribution < -0.4 is 16.0 Å². The molecule has 4 rings (SSSR count). The highest BCUT2D eigenvalue weighted by atomic mass is 35.5. The molecule has 4 amide bonds. The van der Waals surface area contributed by atoms with Crippen LogP contribution >= 0.6 is 11.6 Å². The van der Waals surface area contributed by atoms with Gasteiger partial charge in [-0.05, 0) is 55.3 Å². The van der Waals surface area contributed by atoms with Gasteiger partial charge < -0.3 is 24.4 Å². The van der Waals surface area contributed by atoms with Gasteiger partial charge in [-0.25, -0.2) is 9.59 Å². The van der Waals surface area contributed by atoms with Crippen LogP contribution in [0.15, 0.2) is 42.5 Å². The summed E-state index contributed by atoms with van der Waals surface area (Å²) in [7, 11) is 2.41. The van der Waals surface area contributed by atoms with Gasteiger partial charge >= 0.3 is 18.2 Å². The number of piperidine rings is 1. The first-order chi connectivity index (χ1) is 18.6. The van der Waals surface area contributed by atoms with Crippen LogP contribution in [0.25, 0.3) is 0 Å². The predicted molar refractivity (Wildman–Crippen MR) is 139 cm³/mol. The molecule has 0 bridgehead atoms. The first-order valence-corrected chi connectivity index (χ1v) is 12.4. The van der Waals surface area contributed by atoms with E-state index in [2.05, 4.69) is 20.7 Å². The number of likely N-dealkylation sites (tertiary alicyclic amines) is 1. The van der Waals surface area contributed by atoms with E-state index in [1.54, 1.807) is 18.2 Å². The molecule has 3 N–H and O–H groups in total. The molecule has 2 heterocycles. The minimum Gasteiger partial charge on any atom is -0.469 e. The molecule has 12 nitrogen and oxygen atoms in total. The molecule has 1 saturated heterocycles. The van der Waals surface area contributed by atoms with Crippen LogP contribution in [0.2, 0.25) is 5.02 Å². The van der Waals surface area contributed by atoms with Gasteiger partial charge in [0.25, 0.3) is 5.91 Å². The number of rotatable bonds is 6. The van der Waals surface area contributed by atoms with Crippen molar-refractivity contribution >= 4 is 52.9 Å². The number of amides is 4. The van der Waals surface area contributed by atoms with Crippen molar-refractivity contribution in [1.82, 2.24) is 10.2 Å². The third-order valence-electron chi connectivity index (χ3n) is 6.54. The standard InChI is InChI=1S/C26H27ClN4O8/c1-37-21(32)13-20(29-22(33)15-4-7-17(8-5-15)28-24(35)38-2)23(34)31-11-3-10-26(14-31)18-12-16(27)6-9-19(18)30-25(36)39-26/h4-9,12,20H,3,10-11,13-14H2,1-2H3,(H,28,35)(H,29,33)(H,30,36)/t20-,26-/m0/s1. The summed E-state index contributed by atoms with van der Waals surface area (Å²) in [5.74, 6) is -1.84. The summed E-state index contributed by atoms with van der Waals surface area (Å²) in [6, 6.07) is 9.65. The molecular weight excluding hydrogens is 532 g/mol. The van der Waals surface area contributed by atoms with E-state index in [4.69, 9.17) is 21.1 Å². The van der Waals surface area contributed by atoms with Gasteiger partial charge in [0.15, 0.2) is 5.60 Å². The number of nitrogens with zero attached hydrogens (tertiary/aromatic N) is 1. The second-order valence-electron chi connectivity index (χ2n) is 9.06. The summed E-state index contributed by atoms with van der Waals surface area (Å²) in [4.78, 5) is 64.0. The molecule has 39 heavy (non-hydrogen) atoms. The average molecular weight is 559 g/mol. The number of hydrogen-bond donors (Lipinski definition) is 3. The molecule has 1 fully saturated rings. The number of anilines is 2. The van der Waals surface area contributed by atoms with Crippen molar-refractivity contribution in [2.75, 3.05) is 37.9 Å². The van der Waals surface area contributed by atoms with Gasteiger partial charge in [0.2, 0.25) is 5.91 Å². The Kier molecular flexibility index (Phi) is 8.24. The Morgan fingerprint density at radius 3 is 2.56 bits per heavy atom. The largest absolute Gasteiger partial charge is 0.469 e. The SMILES string of the molecule is COC(=O)C[C@H](NC(=O)c1ccc(NC(=O)OC)cc1)C(=O)N1CCC[C@@]2(C1)OC(=O)Nc1ccc(Cl)cc12. The molecule has 13 heteroatoms. The minimum atomic E-state index is -1.25. The minimum absolute atomic E-state index is 0.00797. The second kappa shape index (κ2) is 11.6. The molecule has 2 atom stereocenters. The summed E-state index contributed by atoms with van der Waals surface area (Å²) in [6.07, 6.45) is -0.768. The van der Waals surface area contributed by atoms with Gasteiger partial charge in [-0.1, -0.05) is 11.6 Å². The predicted octanol–water partition coefficient (Wildman–Crippen LogP) is 3.26. The number of hydrogen-bond acceptors (Lipinski definition) is 8. The third-order valence-corrected chi connectivity index (χ3v) is 6.78. The van der Waals surface area contributed by atoms with Crippen LogP contribution in [0, 0.1) is 0 Å². The summed E-state index contributed by atoms with van der Waals surface area (Å²) in [6.45, 7) is 0.330. The Morgan fingerprint density at radius 1 is 1.13 bits per heavy atom. The first-order valence-electron chi connectivity index (χ1n) is 12.1. The van der Waals surface area contributed by atoms with Gasteiger partial charge in [-0.15, -0.1) is 0 Å². The topological polar surface area (TPSA) is 152 Å². The maximum absolute atomic E-state index is 13.7. The first kappa shape index (κ1) is 27.7. The zero-order chi connectivity index (χ0) is 28.2. The molecule has 2 aliphatic heterocycles. The zero-order valence-corrected chi connectivity index (χ0v) is 22.0. The van der Waals surface area contributed by atoms with Crippen LogP contribution in [-0.4, -0.2) is 68.2 Å². The summed E-state index contributed by atoms with van der Waals surface area (Å²) in [5, 5.41) is 8.18. The molecular formula is C26H27ClN4O8. The highest BCUT2D eigenvalue weighted by Crippen LogP contribution is 2.43. The fraction of sp³-hybridized carbons (Fsp3) is 0.346. The van der Waals surface area contributed by atoms with Crippen LogP contribution in [0.1, 0.15) is 35.2 Å². The van der Waals surface area contributed by atoms with Crippen molar-refractivity contribution in [2.45, 2.75) is 30.9 Å². The van der Waals surface area contributed by atoms with E-state index in [-0.39, 0.29) is 12.1 Å². The van der Waals surface area contributed by atoms with Gasteiger partial charge in [0.05, 0.1) is 32.9 Å². The molecule has 2 aromatic rings. The number of benzene rings is 2. The molecule has 206 valence electrons. The Morgan fingerprint density at radius 2 is 1.87 bits per heavy atom. The number of nitrogens with one attached hydrogen (secondary N) is 3. The molecule has 0 radical (unpaired) electrons. The molecule has 0 unspecified atom stereocenters. The molecule has 0 aliphatic carbocycles. The Bertz CT molecular complexity index is 1300. The van der Waals surface area contributed by atoms with Crippen LogP contribution in [0.3, 0.4) is 0 Å². The monoisotopic (exact) mass is 558 g/mol. The third kappa shape index (κ3) is 6.23. The normalized spacial score (nSPS) is 18.6. The molecule has 1 spiro atoms. The lowest BCUT2D eigenvalue weighted by Crippen LogP contribution is -2.57. The fourth-order valence-corrected chi connectivity index (χ4v) is 4.84. The number of esters is 1. The van der Waals surface area contributed by atoms with E-state index in [0.717, 1.165) is 0 Å². The van der Waals surface area contributed by atoms with Gasteiger partial charge in [0.1, 0.15) is 6.04 Å². The number of carbonyl (C=O) groups is 5. The highest BCUT2D eigenvalue weighted by Gasteiger charge is 2.47. The summed E-state index contributed by atoms with van der Waals surface area (Å²) in [5.41, 5.74) is 0.629. The lowest BCUT2D eigenvalue weighted by Gasteiger charge is -2.45. The number of halogens is 1. The smallest absolute Gasteiger partial charge is 0.412 e. The summed E-state index contributed by atoms with van der Waals surface area (Å²) < 4.78 is 15.0. The lowest BCUT2D eigenvalue weighted by atomic mass is 9.83. The van der Waals surface area contributed by atoms with Crippen molar-refractivity contribution in [3.8, 4) is 0 Å². The quantitative estimate of drug-likeness (QED) is 0.361. The number of carbonyl (C=O) groups excluding carboxylic acids is 5. The maximum atomic E-state index is 13.7. The van der Waals surface area contributed by atoms with Crippen LogP contribution in [0.4, 0.5) is 21.0 Å². The van der Waals surface area contributed by atoms with E-state index in [1.165, 1.54) is 43.4 Å². The summed E-state index contributed by atoms with van der Waals surface area (Å²) >= 11 is 6.22. The van der Waals surface area contributed by atoms with Crippen molar-refractivity contribution in [2.24, 2.45) is 0 Å². The van der Waals surface area contributed by atoms with E-state index >= 15 is 0 Å². The van der Waals surface area contributed by atoms with Crippen molar-refractivity contribution < 1.29 is 38.2 Å². The molecule has 0 saturated carbocycles. The maximum Gasteiger partial charge on any atom is 0.412 e. The lowest BCUT2D eigenvalue weighted by molar-refractivity contribution is -0.147. The van der Waals surface area contributed by atoms with Crippen LogP contribution in [0.5, 0.6) is 0 Å². The van der Waals surface area contributed by atoms with E-state index < -0.39 is 48.0 Å². The average Bonchev–Trinajstić information content (AvgIpc) is 2.93. The number of fused-ring (bicyclic) bond motifs is 2. The van der Waals surface area contributed by atoms with E-state index in [1.807, 2.05) is 0 Å². The van der Waals surface area contributed by atoms with E-state index in [9.17, 15) is 24.0 Å². The molecule has 2 aromatic carbocycles. The van der Waals surface area contributed by atoms with Crippen molar-refractivity contribution in [3.63, 3.8) is 0 Å². The zero-order valence-electron chi connectivity index (χ0n) is 21.2. The second-order valence-corrected chi connectivity index (χ2v) is 9.50. The van der Waals surface area contributed by atoms with E-state index in [0.29, 0.717) is 41.3 Å². The molecule has 0 aromatic heterocycles. The molecule has 2 aliphatic rings. The highest BCUT2D eigenvalue weighted by molar-refractivity contribution is 6.30. The van der Waals surface area contributed by atoms with Gasteiger partial charge in [0, 0.05) is 28.4 Å². The van der Waals surface area contributed by atoms with Crippen molar-refractivity contribution in [1.29, 1.82) is 0 Å². The fourth-order valence-electron chi connectivity index (χ4n) is 4.67. The van der Waals surface area contributed by atoms with Gasteiger partial charge in [-0.3, -0.25) is 25.0 Å². The Balaban J connectivity index is 1.54.